The van der Waals surface area contributed by atoms with Crippen molar-refractivity contribution in [2.45, 2.75) is 76.4 Å². The van der Waals surface area contributed by atoms with Crippen LogP contribution in [0.3, 0.4) is 0 Å². The molecule has 34 heavy (non-hydrogen) atoms. The standard InChI is InChI=1S/C21H33N3O8SSi/c1-8-9-23-17(26)13(2)10-24(19(23)27)18-16(25)21(14(22)12-33(28,29)32-21)15(31-18)11-30-34(6,7)20(3,4)5/h8,10,12,15-16,18,25H,1,9,11,22H2,2-7H3/t15?,16-,18+,21?/m0/s1. The number of rotatable bonds is 6. The highest BCUT2D eigenvalue weighted by Gasteiger charge is 2.65. The summed E-state index contributed by atoms with van der Waals surface area (Å²) in [7, 11) is -6.53. The van der Waals surface area contributed by atoms with E-state index in [2.05, 4.69) is 6.58 Å². The molecule has 1 spiro atoms. The number of nitrogens with zero attached hydrogens (tertiary/aromatic N) is 2. The van der Waals surface area contributed by atoms with Gasteiger partial charge in [0.1, 0.15) is 12.2 Å². The Morgan fingerprint density at radius 2 is 1.97 bits per heavy atom. The molecule has 1 fully saturated rings. The van der Waals surface area contributed by atoms with Crippen LogP contribution in [0.2, 0.25) is 18.1 Å². The molecule has 0 radical (unpaired) electrons. The Balaban J connectivity index is 2.11. The molecule has 0 aliphatic carbocycles. The summed E-state index contributed by atoms with van der Waals surface area (Å²) in [5, 5.41) is 11.9. The lowest BCUT2D eigenvalue weighted by atomic mass is 9.89. The normalized spacial score (nSPS) is 28.9. The van der Waals surface area contributed by atoms with Gasteiger partial charge in [-0.3, -0.25) is 13.9 Å². The number of nitrogens with two attached hydrogens (primary N) is 1. The number of aryl methyl sites for hydroxylation is 1. The Labute approximate surface area is 199 Å². The highest BCUT2D eigenvalue weighted by molar-refractivity contribution is 7.90. The fourth-order valence-corrected chi connectivity index (χ4v) is 6.06. The van der Waals surface area contributed by atoms with Crippen molar-refractivity contribution in [2.75, 3.05) is 6.61 Å². The van der Waals surface area contributed by atoms with Gasteiger partial charge in [-0.1, -0.05) is 26.8 Å². The summed E-state index contributed by atoms with van der Waals surface area (Å²) < 4.78 is 44.2. The molecule has 0 bridgehead atoms. The van der Waals surface area contributed by atoms with Crippen molar-refractivity contribution in [3.8, 4) is 0 Å². The first kappa shape index (κ1) is 26.6. The molecule has 2 aliphatic rings. The summed E-state index contributed by atoms with van der Waals surface area (Å²) >= 11 is 0. The third-order valence-electron chi connectivity index (χ3n) is 6.82. The topological polar surface area (TPSA) is 152 Å². The van der Waals surface area contributed by atoms with Crippen LogP contribution in [-0.2, 0) is 30.0 Å². The van der Waals surface area contributed by atoms with Gasteiger partial charge in [0.25, 0.3) is 15.7 Å². The summed E-state index contributed by atoms with van der Waals surface area (Å²) in [5.74, 6) is 0. The van der Waals surface area contributed by atoms with Crippen LogP contribution in [0.4, 0.5) is 0 Å². The lowest BCUT2D eigenvalue weighted by Gasteiger charge is -2.38. The van der Waals surface area contributed by atoms with Crippen molar-refractivity contribution in [1.82, 2.24) is 9.13 Å². The van der Waals surface area contributed by atoms with Gasteiger partial charge >= 0.3 is 5.69 Å². The van der Waals surface area contributed by atoms with Crippen LogP contribution in [0.25, 0.3) is 0 Å². The number of hydrogen-bond donors (Lipinski definition) is 2. The van der Waals surface area contributed by atoms with E-state index in [9.17, 15) is 23.1 Å². The van der Waals surface area contributed by atoms with Gasteiger partial charge in [0.05, 0.1) is 17.7 Å². The fourth-order valence-electron chi connectivity index (χ4n) is 3.83. The average Bonchev–Trinajstić information content (AvgIpc) is 3.12. The van der Waals surface area contributed by atoms with Crippen molar-refractivity contribution >= 4 is 18.4 Å². The van der Waals surface area contributed by atoms with Crippen molar-refractivity contribution in [3.63, 3.8) is 0 Å². The van der Waals surface area contributed by atoms with Crippen molar-refractivity contribution in [2.24, 2.45) is 5.73 Å². The van der Waals surface area contributed by atoms with E-state index in [1.165, 1.54) is 19.2 Å². The molecule has 0 saturated carbocycles. The average molecular weight is 516 g/mol. The smallest absolute Gasteiger partial charge is 0.333 e. The van der Waals surface area contributed by atoms with E-state index in [0.717, 1.165) is 14.5 Å². The maximum absolute atomic E-state index is 13.1. The quantitative estimate of drug-likeness (QED) is 0.316. The lowest BCUT2D eigenvalue weighted by molar-refractivity contribution is -0.0571. The molecule has 1 saturated heterocycles. The SMILES string of the molecule is C=CCn1c(=O)c(C)cn([C@@H]2OC(CO[Si](C)(C)C(C)(C)C)C3(OS(=O)(=O)C=C3N)[C@H]2O)c1=O. The van der Waals surface area contributed by atoms with Crippen LogP contribution < -0.4 is 17.0 Å². The predicted octanol–water partition coefficient (Wildman–Crippen LogP) is 0.683. The van der Waals surface area contributed by atoms with Crippen LogP contribution in [0, 0.1) is 6.92 Å². The molecule has 3 heterocycles. The van der Waals surface area contributed by atoms with Crippen LogP contribution in [0.1, 0.15) is 32.6 Å². The third-order valence-corrected chi connectivity index (χ3v) is 12.4. The molecule has 190 valence electrons. The van der Waals surface area contributed by atoms with E-state index in [4.69, 9.17) is 19.1 Å². The Hall–Kier alpha value is -2.03. The van der Waals surface area contributed by atoms with Gasteiger partial charge in [-0.05, 0) is 25.1 Å². The number of aliphatic hydroxyl groups excluding tert-OH is 1. The molecule has 4 atom stereocenters. The highest BCUT2D eigenvalue weighted by atomic mass is 32.2. The summed E-state index contributed by atoms with van der Waals surface area (Å²) in [6.07, 6.45) is -1.59. The zero-order valence-electron chi connectivity index (χ0n) is 20.3. The first-order valence-electron chi connectivity index (χ1n) is 10.8. The molecule has 1 aromatic heterocycles. The minimum absolute atomic E-state index is 0.0574. The van der Waals surface area contributed by atoms with E-state index in [1.807, 2.05) is 33.9 Å². The first-order valence-corrected chi connectivity index (χ1v) is 15.2. The van der Waals surface area contributed by atoms with Crippen molar-refractivity contribution in [3.05, 3.63) is 56.4 Å². The molecule has 3 N–H and O–H groups in total. The Morgan fingerprint density at radius 3 is 2.47 bits per heavy atom. The van der Waals surface area contributed by atoms with Gasteiger partial charge in [0.2, 0.25) is 0 Å². The lowest BCUT2D eigenvalue weighted by Crippen LogP contribution is -2.55. The van der Waals surface area contributed by atoms with Crippen LogP contribution >= 0.6 is 0 Å². The van der Waals surface area contributed by atoms with Crippen LogP contribution in [-0.4, -0.2) is 55.4 Å². The van der Waals surface area contributed by atoms with E-state index < -0.39 is 53.7 Å². The van der Waals surface area contributed by atoms with E-state index >= 15 is 0 Å². The van der Waals surface area contributed by atoms with E-state index in [1.54, 1.807) is 0 Å². The molecule has 2 aliphatic heterocycles. The molecule has 3 rings (SSSR count). The minimum Gasteiger partial charge on any atom is -0.414 e. The predicted molar refractivity (Wildman–Crippen MR) is 128 cm³/mol. The number of aliphatic hydroxyl groups is 1. The monoisotopic (exact) mass is 515 g/mol. The Kier molecular flexibility index (Phi) is 6.70. The summed E-state index contributed by atoms with van der Waals surface area (Å²) in [6.45, 7) is 15.0. The second-order valence-electron chi connectivity index (χ2n) is 10.2. The Bertz CT molecular complexity index is 1240. The van der Waals surface area contributed by atoms with E-state index in [-0.39, 0.29) is 29.5 Å². The van der Waals surface area contributed by atoms with Crippen LogP contribution in [0.15, 0.2) is 39.5 Å². The highest BCUT2D eigenvalue weighted by Crippen LogP contribution is 2.48. The number of hydrogen-bond acceptors (Lipinski definition) is 9. The molecular weight excluding hydrogens is 482 g/mol. The molecule has 13 heteroatoms. The maximum atomic E-state index is 13.1. The summed E-state index contributed by atoms with van der Waals surface area (Å²) in [5.41, 5.74) is 2.79. The van der Waals surface area contributed by atoms with E-state index in [0.29, 0.717) is 0 Å². The largest absolute Gasteiger partial charge is 0.414 e. The molecule has 0 aromatic carbocycles. The maximum Gasteiger partial charge on any atom is 0.333 e. The molecule has 2 unspecified atom stereocenters. The minimum atomic E-state index is -4.21. The van der Waals surface area contributed by atoms with Gasteiger partial charge in [-0.2, -0.15) is 8.42 Å². The van der Waals surface area contributed by atoms with Gasteiger partial charge in [-0.25, -0.2) is 8.98 Å². The van der Waals surface area contributed by atoms with Crippen molar-refractivity contribution < 1.29 is 26.9 Å². The summed E-state index contributed by atoms with van der Waals surface area (Å²) in [4.78, 5) is 25.5. The first-order chi connectivity index (χ1) is 15.5. The number of ether oxygens (including phenoxy) is 1. The molecular formula is C21H33N3O8SSi. The number of allylic oxidation sites excluding steroid dienone is 1. The second kappa shape index (κ2) is 8.57. The van der Waals surface area contributed by atoms with Gasteiger partial charge in [-0.15, -0.1) is 6.58 Å². The Morgan fingerprint density at radius 1 is 1.35 bits per heavy atom. The molecule has 1 aromatic rings. The van der Waals surface area contributed by atoms with Gasteiger partial charge < -0.3 is 20.0 Å². The van der Waals surface area contributed by atoms with Crippen molar-refractivity contribution in [1.29, 1.82) is 0 Å². The summed E-state index contributed by atoms with van der Waals surface area (Å²) in [6, 6.07) is 0. The zero-order valence-corrected chi connectivity index (χ0v) is 22.1. The second-order valence-corrected chi connectivity index (χ2v) is 16.4. The third kappa shape index (κ3) is 4.24. The van der Waals surface area contributed by atoms with Gasteiger partial charge in [0.15, 0.2) is 20.1 Å². The number of aromatic nitrogens is 2. The molecule has 0 amide bonds. The zero-order chi connectivity index (χ0) is 25.9. The fraction of sp³-hybridized carbons (Fsp3) is 0.619. The van der Waals surface area contributed by atoms with Crippen LogP contribution in [0.5, 0.6) is 0 Å². The molecule has 11 nitrogen and oxygen atoms in total. The van der Waals surface area contributed by atoms with Gasteiger partial charge in [0, 0.05) is 18.3 Å².